The summed E-state index contributed by atoms with van der Waals surface area (Å²) in [6.45, 7) is 3.81. The predicted octanol–water partition coefficient (Wildman–Crippen LogP) is 1.73. The third-order valence-electron chi connectivity index (χ3n) is 2.68. The zero-order chi connectivity index (χ0) is 14.4. The normalized spacial score (nSPS) is 11.7. The Morgan fingerprint density at radius 2 is 2.20 bits per heavy atom. The van der Waals surface area contributed by atoms with Gasteiger partial charge in [-0.05, 0) is 24.2 Å². The second kappa shape index (κ2) is 6.94. The molecule has 2 aromatic rings. The van der Waals surface area contributed by atoms with Crippen LogP contribution in [0, 0.1) is 0 Å². The highest BCUT2D eigenvalue weighted by Crippen LogP contribution is 2.19. The SMILES string of the molecule is CCNCc1cc(S(=O)(=O)NCc2cccnc2)cs1. The first-order chi connectivity index (χ1) is 9.62. The van der Waals surface area contributed by atoms with Crippen molar-refractivity contribution in [1.29, 1.82) is 0 Å². The topological polar surface area (TPSA) is 71.1 Å². The Bertz CT molecular complexity index is 639. The van der Waals surface area contributed by atoms with Gasteiger partial charge in [-0.2, -0.15) is 0 Å². The van der Waals surface area contributed by atoms with Crippen molar-refractivity contribution < 1.29 is 8.42 Å². The van der Waals surface area contributed by atoms with E-state index in [1.807, 2.05) is 13.0 Å². The number of sulfonamides is 1. The Morgan fingerprint density at radius 1 is 1.35 bits per heavy atom. The molecule has 0 spiro atoms. The van der Waals surface area contributed by atoms with Crippen molar-refractivity contribution in [3.05, 3.63) is 46.4 Å². The number of hydrogen-bond acceptors (Lipinski definition) is 5. The fourth-order valence-corrected chi connectivity index (χ4v) is 3.87. The zero-order valence-corrected chi connectivity index (χ0v) is 12.8. The van der Waals surface area contributed by atoms with Crippen LogP contribution in [-0.4, -0.2) is 19.9 Å². The van der Waals surface area contributed by atoms with Gasteiger partial charge in [0, 0.05) is 35.7 Å². The zero-order valence-electron chi connectivity index (χ0n) is 11.2. The molecule has 0 atom stereocenters. The van der Waals surface area contributed by atoms with E-state index in [0.29, 0.717) is 11.4 Å². The molecule has 0 bridgehead atoms. The number of nitrogens with one attached hydrogen (secondary N) is 2. The van der Waals surface area contributed by atoms with Crippen LogP contribution in [-0.2, 0) is 23.1 Å². The molecule has 2 heterocycles. The van der Waals surface area contributed by atoms with E-state index in [4.69, 9.17) is 0 Å². The van der Waals surface area contributed by atoms with Crippen LogP contribution in [0.15, 0.2) is 40.9 Å². The van der Waals surface area contributed by atoms with Crippen LogP contribution >= 0.6 is 11.3 Å². The van der Waals surface area contributed by atoms with Crippen LogP contribution in [0.1, 0.15) is 17.4 Å². The van der Waals surface area contributed by atoms with E-state index < -0.39 is 10.0 Å². The maximum absolute atomic E-state index is 12.1. The van der Waals surface area contributed by atoms with E-state index in [1.165, 1.54) is 11.3 Å². The standard InChI is InChI=1S/C13H17N3O2S2/c1-2-14-9-12-6-13(10-19-12)20(17,18)16-8-11-4-3-5-15-7-11/h3-7,10,14,16H,2,8-9H2,1H3. The van der Waals surface area contributed by atoms with E-state index in [-0.39, 0.29) is 6.54 Å². The highest BCUT2D eigenvalue weighted by Gasteiger charge is 2.15. The molecule has 0 amide bonds. The molecule has 20 heavy (non-hydrogen) atoms. The minimum Gasteiger partial charge on any atom is -0.312 e. The lowest BCUT2D eigenvalue weighted by Crippen LogP contribution is -2.22. The number of pyridine rings is 1. The van der Waals surface area contributed by atoms with Crippen LogP contribution in [0.4, 0.5) is 0 Å². The van der Waals surface area contributed by atoms with Crippen LogP contribution in [0.2, 0.25) is 0 Å². The van der Waals surface area contributed by atoms with Crippen molar-refractivity contribution in [3.63, 3.8) is 0 Å². The minimum absolute atomic E-state index is 0.245. The Hall–Kier alpha value is -1.28. The smallest absolute Gasteiger partial charge is 0.241 e. The highest BCUT2D eigenvalue weighted by molar-refractivity contribution is 7.89. The molecule has 108 valence electrons. The van der Waals surface area contributed by atoms with E-state index >= 15 is 0 Å². The van der Waals surface area contributed by atoms with E-state index in [0.717, 1.165) is 17.0 Å². The van der Waals surface area contributed by atoms with Gasteiger partial charge in [0.05, 0.1) is 4.90 Å². The summed E-state index contributed by atoms with van der Waals surface area (Å²) in [5, 5.41) is 4.84. The molecule has 0 radical (unpaired) electrons. The van der Waals surface area contributed by atoms with Gasteiger partial charge in [0.25, 0.3) is 0 Å². The lowest BCUT2D eigenvalue weighted by Gasteiger charge is -2.04. The molecule has 2 aromatic heterocycles. The number of thiophene rings is 1. The predicted molar refractivity (Wildman–Crippen MR) is 80.0 cm³/mol. The van der Waals surface area contributed by atoms with Gasteiger partial charge in [0.2, 0.25) is 10.0 Å². The summed E-state index contributed by atoms with van der Waals surface area (Å²) in [6.07, 6.45) is 3.30. The van der Waals surface area contributed by atoms with Crippen molar-refractivity contribution in [2.45, 2.75) is 24.9 Å². The summed E-state index contributed by atoms with van der Waals surface area (Å²) < 4.78 is 26.9. The quantitative estimate of drug-likeness (QED) is 0.817. The van der Waals surface area contributed by atoms with Crippen LogP contribution < -0.4 is 10.0 Å². The lowest BCUT2D eigenvalue weighted by atomic mass is 10.3. The molecule has 0 aliphatic heterocycles. The van der Waals surface area contributed by atoms with Crippen molar-refractivity contribution in [2.75, 3.05) is 6.54 Å². The van der Waals surface area contributed by atoms with Gasteiger partial charge in [-0.3, -0.25) is 4.98 Å². The summed E-state index contributed by atoms with van der Waals surface area (Å²) in [5.74, 6) is 0. The number of hydrogen-bond donors (Lipinski definition) is 2. The van der Waals surface area contributed by atoms with Gasteiger partial charge in [0.1, 0.15) is 0 Å². The largest absolute Gasteiger partial charge is 0.312 e. The average Bonchev–Trinajstić information content (AvgIpc) is 2.94. The molecule has 0 aliphatic rings. The Balaban J connectivity index is 2.01. The van der Waals surface area contributed by atoms with Gasteiger partial charge in [-0.25, -0.2) is 13.1 Å². The first-order valence-corrected chi connectivity index (χ1v) is 8.65. The van der Waals surface area contributed by atoms with Crippen LogP contribution in [0.5, 0.6) is 0 Å². The minimum atomic E-state index is -3.46. The van der Waals surface area contributed by atoms with Gasteiger partial charge in [0.15, 0.2) is 0 Å². The van der Waals surface area contributed by atoms with Crippen molar-refractivity contribution in [2.24, 2.45) is 0 Å². The summed E-state index contributed by atoms with van der Waals surface area (Å²) in [6, 6.07) is 5.32. The molecule has 0 fully saturated rings. The molecule has 0 unspecified atom stereocenters. The molecule has 0 saturated heterocycles. The van der Waals surface area contributed by atoms with Crippen molar-refractivity contribution in [3.8, 4) is 0 Å². The summed E-state index contributed by atoms with van der Waals surface area (Å²) in [7, 11) is -3.46. The van der Waals surface area contributed by atoms with E-state index in [1.54, 1.807) is 29.9 Å². The third-order valence-corrected chi connectivity index (χ3v) is 5.14. The fourth-order valence-electron chi connectivity index (χ4n) is 1.61. The molecule has 7 heteroatoms. The van der Waals surface area contributed by atoms with Gasteiger partial charge in [-0.1, -0.05) is 13.0 Å². The number of aromatic nitrogens is 1. The van der Waals surface area contributed by atoms with Crippen molar-refractivity contribution >= 4 is 21.4 Å². The Labute approximate surface area is 123 Å². The first-order valence-electron chi connectivity index (χ1n) is 6.28. The molecule has 2 rings (SSSR count). The van der Waals surface area contributed by atoms with Gasteiger partial charge >= 0.3 is 0 Å². The summed E-state index contributed by atoms with van der Waals surface area (Å²) in [4.78, 5) is 5.28. The average molecular weight is 311 g/mol. The summed E-state index contributed by atoms with van der Waals surface area (Å²) in [5.41, 5.74) is 0.833. The maximum atomic E-state index is 12.1. The highest BCUT2D eigenvalue weighted by atomic mass is 32.2. The molecule has 0 aromatic carbocycles. The third kappa shape index (κ3) is 4.11. The fraction of sp³-hybridized carbons (Fsp3) is 0.308. The Morgan fingerprint density at radius 3 is 2.90 bits per heavy atom. The summed E-state index contributed by atoms with van der Waals surface area (Å²) >= 11 is 1.44. The molecular weight excluding hydrogens is 294 g/mol. The first kappa shape index (κ1) is 15.1. The monoisotopic (exact) mass is 311 g/mol. The van der Waals surface area contributed by atoms with E-state index in [9.17, 15) is 8.42 Å². The molecular formula is C13H17N3O2S2. The van der Waals surface area contributed by atoms with Crippen molar-refractivity contribution in [1.82, 2.24) is 15.0 Å². The molecule has 0 saturated carbocycles. The van der Waals surface area contributed by atoms with Crippen LogP contribution in [0.25, 0.3) is 0 Å². The second-order valence-corrected chi connectivity index (χ2v) is 6.98. The van der Waals surface area contributed by atoms with Gasteiger partial charge in [-0.15, -0.1) is 11.3 Å². The molecule has 0 aliphatic carbocycles. The maximum Gasteiger partial charge on any atom is 0.241 e. The lowest BCUT2D eigenvalue weighted by molar-refractivity contribution is 0.581. The van der Waals surface area contributed by atoms with Gasteiger partial charge < -0.3 is 5.32 Å². The second-order valence-electron chi connectivity index (χ2n) is 4.21. The number of nitrogens with zero attached hydrogens (tertiary/aromatic N) is 1. The molecule has 5 nitrogen and oxygen atoms in total. The van der Waals surface area contributed by atoms with E-state index in [2.05, 4.69) is 15.0 Å². The van der Waals surface area contributed by atoms with Crippen LogP contribution in [0.3, 0.4) is 0 Å². The molecule has 2 N–H and O–H groups in total. The number of rotatable bonds is 7. The Kier molecular flexibility index (Phi) is 5.24.